The summed E-state index contributed by atoms with van der Waals surface area (Å²) in [7, 11) is 0. The van der Waals surface area contributed by atoms with Gasteiger partial charge in [0.15, 0.2) is 5.76 Å². The Labute approximate surface area is 158 Å². The molecule has 0 bridgehead atoms. The van der Waals surface area contributed by atoms with Crippen molar-refractivity contribution in [2.75, 3.05) is 23.0 Å². The van der Waals surface area contributed by atoms with Crippen molar-refractivity contribution < 1.29 is 18.4 Å². The lowest BCUT2D eigenvalue weighted by molar-refractivity contribution is -0.117. The average Bonchev–Trinajstić information content (AvgIpc) is 3.42. The number of amides is 2. The molecule has 3 heterocycles. The van der Waals surface area contributed by atoms with Crippen LogP contribution in [-0.4, -0.2) is 34.8 Å². The zero-order valence-corrected chi connectivity index (χ0v) is 15.2. The van der Waals surface area contributed by atoms with Gasteiger partial charge in [0.2, 0.25) is 11.8 Å². The summed E-state index contributed by atoms with van der Waals surface area (Å²) in [5.74, 6) is -0.240. The minimum absolute atomic E-state index is 0.00345. The number of aromatic nitrogens is 2. The smallest absolute Gasteiger partial charge is 0.322 e. The first-order chi connectivity index (χ1) is 13.1. The fraction of sp³-hybridized carbons (Fsp3) is 0.222. The predicted octanol–water partition coefficient (Wildman–Crippen LogP) is 3.16. The van der Waals surface area contributed by atoms with E-state index in [-0.39, 0.29) is 30.0 Å². The van der Waals surface area contributed by atoms with E-state index in [4.69, 9.17) is 8.83 Å². The van der Waals surface area contributed by atoms with Crippen LogP contribution < -0.4 is 10.2 Å². The molecular formula is C18H16N4O4S. The first-order valence-corrected chi connectivity index (χ1v) is 9.49. The topological polar surface area (TPSA) is 101 Å². The molecule has 8 nitrogen and oxygen atoms in total. The maximum absolute atomic E-state index is 12.4. The monoisotopic (exact) mass is 384 g/mol. The van der Waals surface area contributed by atoms with Crippen LogP contribution in [0.15, 0.2) is 56.4 Å². The van der Waals surface area contributed by atoms with E-state index in [1.807, 2.05) is 30.5 Å². The van der Waals surface area contributed by atoms with Crippen molar-refractivity contribution in [3.8, 4) is 0 Å². The number of anilines is 2. The van der Waals surface area contributed by atoms with Crippen LogP contribution in [0, 0.1) is 0 Å². The second kappa shape index (κ2) is 7.28. The van der Waals surface area contributed by atoms with E-state index in [2.05, 4.69) is 15.5 Å². The Kier molecular flexibility index (Phi) is 4.68. The summed E-state index contributed by atoms with van der Waals surface area (Å²) in [4.78, 5) is 27.2. The summed E-state index contributed by atoms with van der Waals surface area (Å²) in [6, 6.07) is 10.9. The lowest BCUT2D eigenvalue weighted by Crippen LogP contribution is -2.24. The van der Waals surface area contributed by atoms with Gasteiger partial charge in [0.25, 0.3) is 5.91 Å². The molecule has 1 atom stereocenters. The van der Waals surface area contributed by atoms with Crippen molar-refractivity contribution in [2.24, 2.45) is 0 Å². The number of nitrogens with one attached hydrogen (secondary N) is 1. The summed E-state index contributed by atoms with van der Waals surface area (Å²) in [6.07, 6.45) is 3.68. The molecule has 1 N–H and O–H groups in total. The second-order valence-corrected chi connectivity index (χ2v) is 6.86. The normalized spacial score (nSPS) is 16.7. The molecule has 9 heteroatoms. The standard InChI is InChI=1S/C18H16N4O4S/c1-27-13-6-4-12(5-7-13)22-10-11(9-15(22)23)17-20-21-18(26-17)19-16(24)14-3-2-8-25-14/h2-8,11H,9-10H2,1H3,(H,19,21,24)/t11-/m0/s1. The number of rotatable bonds is 5. The van der Waals surface area contributed by atoms with E-state index in [1.54, 1.807) is 22.7 Å². The number of benzene rings is 1. The van der Waals surface area contributed by atoms with Gasteiger partial charge >= 0.3 is 6.01 Å². The molecule has 3 aromatic rings. The van der Waals surface area contributed by atoms with E-state index in [9.17, 15) is 9.59 Å². The van der Waals surface area contributed by atoms with E-state index >= 15 is 0 Å². The molecule has 0 saturated carbocycles. The Morgan fingerprint density at radius 1 is 1.26 bits per heavy atom. The molecule has 2 aromatic heterocycles. The fourth-order valence-corrected chi connectivity index (χ4v) is 3.31. The van der Waals surface area contributed by atoms with E-state index in [0.29, 0.717) is 12.4 Å². The first-order valence-electron chi connectivity index (χ1n) is 8.26. The highest BCUT2D eigenvalue weighted by Gasteiger charge is 2.35. The molecule has 0 spiro atoms. The van der Waals surface area contributed by atoms with Gasteiger partial charge in [-0.15, -0.1) is 16.9 Å². The Bertz CT molecular complexity index is 952. The van der Waals surface area contributed by atoms with Gasteiger partial charge in [-0.2, -0.15) is 0 Å². The third-order valence-electron chi connectivity index (χ3n) is 4.26. The number of nitrogens with zero attached hydrogens (tertiary/aromatic N) is 3. The fourth-order valence-electron chi connectivity index (χ4n) is 2.90. The molecular weight excluding hydrogens is 368 g/mol. The summed E-state index contributed by atoms with van der Waals surface area (Å²) in [5, 5.41) is 10.3. The Morgan fingerprint density at radius 3 is 2.78 bits per heavy atom. The molecule has 4 rings (SSSR count). The zero-order valence-electron chi connectivity index (χ0n) is 14.4. The Balaban J connectivity index is 1.44. The number of carbonyl (C=O) groups is 2. The van der Waals surface area contributed by atoms with E-state index in [1.165, 1.54) is 12.3 Å². The van der Waals surface area contributed by atoms with Gasteiger partial charge in [-0.1, -0.05) is 5.10 Å². The van der Waals surface area contributed by atoms with Crippen molar-refractivity contribution in [3.05, 3.63) is 54.3 Å². The molecule has 2 amide bonds. The molecule has 0 aliphatic carbocycles. The van der Waals surface area contributed by atoms with Crippen LogP contribution in [0.1, 0.15) is 28.8 Å². The van der Waals surface area contributed by atoms with Crippen LogP contribution in [0.2, 0.25) is 0 Å². The van der Waals surface area contributed by atoms with Crippen LogP contribution in [0.4, 0.5) is 11.7 Å². The van der Waals surface area contributed by atoms with Crippen molar-refractivity contribution in [1.82, 2.24) is 10.2 Å². The Morgan fingerprint density at radius 2 is 2.07 bits per heavy atom. The third kappa shape index (κ3) is 3.59. The molecule has 27 heavy (non-hydrogen) atoms. The van der Waals surface area contributed by atoms with Crippen LogP contribution in [0.3, 0.4) is 0 Å². The number of hydrogen-bond donors (Lipinski definition) is 1. The Hall–Kier alpha value is -3.07. The minimum atomic E-state index is -0.479. The van der Waals surface area contributed by atoms with Crippen molar-refractivity contribution >= 4 is 35.3 Å². The van der Waals surface area contributed by atoms with Crippen LogP contribution in [0.5, 0.6) is 0 Å². The first kappa shape index (κ1) is 17.3. The third-order valence-corrected chi connectivity index (χ3v) is 5.01. The van der Waals surface area contributed by atoms with Crippen LogP contribution in [-0.2, 0) is 4.79 Å². The SMILES string of the molecule is CSc1ccc(N2C[C@@H](c3nnc(NC(=O)c4ccco4)o3)CC2=O)cc1. The molecule has 138 valence electrons. The molecule has 1 fully saturated rings. The average molecular weight is 384 g/mol. The minimum Gasteiger partial charge on any atom is -0.459 e. The van der Waals surface area contributed by atoms with E-state index in [0.717, 1.165) is 10.6 Å². The molecule has 1 aliphatic rings. The van der Waals surface area contributed by atoms with Gasteiger partial charge in [-0.25, -0.2) is 0 Å². The summed E-state index contributed by atoms with van der Waals surface area (Å²) >= 11 is 1.65. The lowest BCUT2D eigenvalue weighted by Gasteiger charge is -2.16. The summed E-state index contributed by atoms with van der Waals surface area (Å²) in [6.45, 7) is 0.450. The largest absolute Gasteiger partial charge is 0.459 e. The van der Waals surface area contributed by atoms with Gasteiger partial charge in [-0.3, -0.25) is 14.9 Å². The molecule has 1 saturated heterocycles. The maximum Gasteiger partial charge on any atom is 0.322 e. The van der Waals surface area contributed by atoms with Crippen molar-refractivity contribution in [3.63, 3.8) is 0 Å². The van der Waals surface area contributed by atoms with Gasteiger partial charge in [-0.05, 0) is 42.7 Å². The molecule has 0 radical (unpaired) electrons. The maximum atomic E-state index is 12.4. The lowest BCUT2D eigenvalue weighted by atomic mass is 10.1. The van der Waals surface area contributed by atoms with Gasteiger partial charge in [0.1, 0.15) is 0 Å². The van der Waals surface area contributed by atoms with Crippen molar-refractivity contribution in [1.29, 1.82) is 0 Å². The summed E-state index contributed by atoms with van der Waals surface area (Å²) in [5.41, 5.74) is 0.839. The number of hydrogen-bond acceptors (Lipinski definition) is 7. The highest BCUT2D eigenvalue weighted by atomic mass is 32.2. The zero-order chi connectivity index (χ0) is 18.8. The summed E-state index contributed by atoms with van der Waals surface area (Å²) < 4.78 is 10.5. The van der Waals surface area contributed by atoms with Crippen LogP contribution >= 0.6 is 11.8 Å². The predicted molar refractivity (Wildman–Crippen MR) is 98.9 cm³/mol. The molecule has 1 aromatic carbocycles. The number of thioether (sulfide) groups is 1. The number of carbonyl (C=O) groups excluding carboxylic acids is 2. The highest BCUT2D eigenvalue weighted by Crippen LogP contribution is 2.32. The molecule has 1 aliphatic heterocycles. The van der Waals surface area contributed by atoms with Crippen LogP contribution in [0.25, 0.3) is 0 Å². The second-order valence-electron chi connectivity index (χ2n) is 5.98. The molecule has 0 unspecified atom stereocenters. The quantitative estimate of drug-likeness (QED) is 0.674. The number of furan rings is 1. The van der Waals surface area contributed by atoms with Crippen molar-refractivity contribution in [2.45, 2.75) is 17.2 Å². The van der Waals surface area contributed by atoms with Gasteiger partial charge in [0, 0.05) is 23.5 Å². The highest BCUT2D eigenvalue weighted by molar-refractivity contribution is 7.98. The van der Waals surface area contributed by atoms with E-state index < -0.39 is 5.91 Å². The van der Waals surface area contributed by atoms with Gasteiger partial charge < -0.3 is 13.7 Å². The van der Waals surface area contributed by atoms with Gasteiger partial charge in [0.05, 0.1) is 12.2 Å².